The molecule has 8 nitrogen and oxygen atoms in total. The van der Waals surface area contributed by atoms with E-state index in [0.717, 1.165) is 16.7 Å². The van der Waals surface area contributed by atoms with Crippen LogP contribution in [0.5, 0.6) is 0 Å². The SMILES string of the molecule is [2H][C@](CCC(=O)OC(C)(C)C)(C(N)=O)n1c(C)nc2cc(F)cc(N)c2c1=O. The van der Waals surface area contributed by atoms with Crippen LogP contribution in [0.1, 0.15) is 46.8 Å². The van der Waals surface area contributed by atoms with Crippen LogP contribution in [0.4, 0.5) is 10.1 Å². The molecule has 0 saturated carbocycles. The number of carbonyl (C=O) groups is 2. The third-order valence-corrected chi connectivity index (χ3v) is 3.68. The van der Waals surface area contributed by atoms with Crippen LogP contribution in [0.15, 0.2) is 16.9 Å². The van der Waals surface area contributed by atoms with Crippen molar-refractivity contribution in [1.82, 2.24) is 9.55 Å². The number of rotatable bonds is 5. The Morgan fingerprint density at radius 3 is 2.59 bits per heavy atom. The fraction of sp³-hybridized carbons (Fsp3) is 0.444. The lowest BCUT2D eigenvalue weighted by atomic mass is 10.1. The van der Waals surface area contributed by atoms with E-state index in [1.165, 1.54) is 6.92 Å². The highest BCUT2D eigenvalue weighted by molar-refractivity contribution is 5.90. The van der Waals surface area contributed by atoms with Gasteiger partial charge in [-0.25, -0.2) is 9.37 Å². The van der Waals surface area contributed by atoms with Gasteiger partial charge in [-0.3, -0.25) is 19.0 Å². The minimum Gasteiger partial charge on any atom is -0.460 e. The van der Waals surface area contributed by atoms with Crippen LogP contribution >= 0.6 is 0 Å². The summed E-state index contributed by atoms with van der Waals surface area (Å²) in [5, 5.41) is -0.137. The van der Waals surface area contributed by atoms with E-state index in [0.29, 0.717) is 0 Å². The van der Waals surface area contributed by atoms with Crippen LogP contribution in [0.25, 0.3) is 10.9 Å². The molecule has 0 spiro atoms. The quantitative estimate of drug-likeness (QED) is 0.599. The Balaban J connectivity index is 2.57. The van der Waals surface area contributed by atoms with Gasteiger partial charge in [-0.15, -0.1) is 0 Å². The van der Waals surface area contributed by atoms with Crippen molar-refractivity contribution in [2.75, 3.05) is 5.73 Å². The van der Waals surface area contributed by atoms with Gasteiger partial charge < -0.3 is 16.2 Å². The zero-order valence-corrected chi connectivity index (χ0v) is 15.6. The first-order valence-electron chi connectivity index (χ1n) is 8.77. The number of esters is 1. The number of nitrogens with two attached hydrogens (primary N) is 2. The number of ether oxygens (including phenoxy) is 1. The normalized spacial score (nSPS) is 14.5. The van der Waals surface area contributed by atoms with Crippen molar-refractivity contribution in [1.29, 1.82) is 0 Å². The van der Waals surface area contributed by atoms with Crippen molar-refractivity contribution in [3.05, 3.63) is 34.1 Å². The Hall–Kier alpha value is -2.97. The summed E-state index contributed by atoms with van der Waals surface area (Å²) in [6, 6.07) is -0.331. The number of hydrogen-bond donors (Lipinski definition) is 2. The number of anilines is 1. The third-order valence-electron chi connectivity index (χ3n) is 3.68. The minimum atomic E-state index is -2.31. The first kappa shape index (κ1) is 18.8. The summed E-state index contributed by atoms with van der Waals surface area (Å²) < 4.78 is 28.1. The van der Waals surface area contributed by atoms with Crippen molar-refractivity contribution in [2.45, 2.75) is 52.2 Å². The topological polar surface area (TPSA) is 130 Å². The molecule has 0 aliphatic rings. The second-order valence-corrected chi connectivity index (χ2v) is 7.09. The van der Waals surface area contributed by atoms with Crippen LogP contribution in [-0.2, 0) is 14.3 Å². The summed E-state index contributed by atoms with van der Waals surface area (Å²) in [5.74, 6) is -2.51. The first-order chi connectivity index (χ1) is 12.8. The molecule has 27 heavy (non-hydrogen) atoms. The summed E-state index contributed by atoms with van der Waals surface area (Å²) in [7, 11) is 0. The molecule has 1 amide bonds. The van der Waals surface area contributed by atoms with Gasteiger partial charge in [0.05, 0.1) is 12.3 Å². The predicted octanol–water partition coefficient (Wildman–Crippen LogP) is 1.57. The van der Waals surface area contributed by atoms with Crippen LogP contribution in [0, 0.1) is 12.7 Å². The van der Waals surface area contributed by atoms with E-state index in [1.807, 2.05) is 0 Å². The third kappa shape index (κ3) is 4.60. The number of amides is 1. The van der Waals surface area contributed by atoms with Gasteiger partial charge in [0.25, 0.3) is 5.56 Å². The second kappa shape index (κ2) is 7.34. The Morgan fingerprint density at radius 1 is 1.41 bits per heavy atom. The van der Waals surface area contributed by atoms with Crippen LogP contribution < -0.4 is 17.0 Å². The molecule has 4 N–H and O–H groups in total. The summed E-state index contributed by atoms with van der Waals surface area (Å²) in [6.07, 6.45) is -0.737. The van der Waals surface area contributed by atoms with Crippen LogP contribution in [0.2, 0.25) is 0 Å². The smallest absolute Gasteiger partial charge is 0.306 e. The fourth-order valence-electron chi connectivity index (χ4n) is 2.69. The molecule has 1 heterocycles. The summed E-state index contributed by atoms with van der Waals surface area (Å²) in [6.45, 7) is 6.41. The fourth-order valence-corrected chi connectivity index (χ4v) is 2.69. The van der Waals surface area contributed by atoms with Crippen LogP contribution in [0.3, 0.4) is 0 Å². The van der Waals surface area contributed by atoms with Crippen LogP contribution in [-0.4, -0.2) is 27.0 Å². The average Bonchev–Trinajstić information content (AvgIpc) is 2.49. The zero-order chi connectivity index (χ0) is 21.4. The number of halogens is 1. The van der Waals surface area contributed by atoms with Crippen molar-refractivity contribution >= 4 is 28.5 Å². The lowest BCUT2D eigenvalue weighted by Gasteiger charge is -2.22. The van der Waals surface area contributed by atoms with Gasteiger partial charge in [-0.2, -0.15) is 0 Å². The number of carbonyl (C=O) groups excluding carboxylic acids is 2. The highest BCUT2D eigenvalue weighted by Gasteiger charge is 2.25. The van der Waals surface area contributed by atoms with E-state index in [1.54, 1.807) is 20.8 Å². The number of fused-ring (bicyclic) bond motifs is 1. The first-order valence-corrected chi connectivity index (χ1v) is 8.27. The summed E-state index contributed by atoms with van der Waals surface area (Å²) >= 11 is 0. The van der Waals surface area contributed by atoms with Crippen molar-refractivity contribution in [3.8, 4) is 0 Å². The monoisotopic (exact) mass is 379 g/mol. The average molecular weight is 379 g/mol. The maximum absolute atomic E-state index is 13.6. The van der Waals surface area contributed by atoms with Gasteiger partial charge >= 0.3 is 5.97 Å². The number of primary amides is 1. The van der Waals surface area contributed by atoms with Gasteiger partial charge in [-0.05, 0) is 40.2 Å². The summed E-state index contributed by atoms with van der Waals surface area (Å²) in [5.41, 5.74) is 9.39. The molecular formula is C18H23FN4O4. The molecule has 0 aliphatic carbocycles. The molecule has 146 valence electrons. The maximum atomic E-state index is 13.6. The highest BCUT2D eigenvalue weighted by Crippen LogP contribution is 2.22. The molecule has 1 aromatic heterocycles. The predicted molar refractivity (Wildman–Crippen MR) is 98.4 cm³/mol. The van der Waals surface area contributed by atoms with E-state index in [4.69, 9.17) is 17.6 Å². The van der Waals surface area contributed by atoms with Gasteiger partial charge in [0.1, 0.15) is 23.3 Å². The molecule has 0 bridgehead atoms. The number of hydrogen-bond acceptors (Lipinski definition) is 6. The minimum absolute atomic E-state index is 0.00443. The van der Waals surface area contributed by atoms with Crippen molar-refractivity contribution in [2.24, 2.45) is 5.73 Å². The van der Waals surface area contributed by atoms with E-state index in [-0.39, 0.29) is 28.8 Å². The molecule has 2 aromatic rings. The number of benzene rings is 1. The molecule has 0 aliphatic heterocycles. The van der Waals surface area contributed by atoms with Gasteiger partial charge in [0.2, 0.25) is 5.91 Å². The number of aryl methyl sites for hydroxylation is 1. The Labute approximate surface area is 156 Å². The largest absolute Gasteiger partial charge is 0.460 e. The Bertz CT molecular complexity index is 1020. The zero-order valence-electron chi connectivity index (χ0n) is 16.6. The van der Waals surface area contributed by atoms with E-state index >= 15 is 0 Å². The molecule has 0 saturated heterocycles. The highest BCUT2D eigenvalue weighted by atomic mass is 19.1. The van der Waals surface area contributed by atoms with Gasteiger partial charge in [0.15, 0.2) is 0 Å². The van der Waals surface area contributed by atoms with Crippen molar-refractivity contribution < 1.29 is 20.1 Å². The van der Waals surface area contributed by atoms with E-state index in [2.05, 4.69) is 4.98 Å². The van der Waals surface area contributed by atoms with E-state index in [9.17, 15) is 18.8 Å². The van der Waals surface area contributed by atoms with Gasteiger partial charge in [-0.1, -0.05) is 0 Å². The lowest BCUT2D eigenvalue weighted by Crippen LogP contribution is -2.37. The molecular weight excluding hydrogens is 355 g/mol. The molecule has 1 atom stereocenters. The van der Waals surface area contributed by atoms with Gasteiger partial charge in [0, 0.05) is 18.2 Å². The number of nitrogens with zero attached hydrogens (tertiary/aromatic N) is 2. The molecule has 0 radical (unpaired) electrons. The molecule has 9 heteroatoms. The number of aromatic nitrogens is 2. The Morgan fingerprint density at radius 2 is 2.04 bits per heavy atom. The van der Waals surface area contributed by atoms with Crippen molar-refractivity contribution in [3.63, 3.8) is 0 Å². The molecule has 0 unspecified atom stereocenters. The standard InChI is InChI=1S/C18H23FN4O4/c1-9-22-12-8-10(19)7-11(20)15(12)17(26)23(9)13(16(21)25)5-6-14(24)27-18(2,3)4/h7-8,13H,5-6,20H2,1-4H3,(H2,21,25)/t13-/m0/s1/i13D. The summed E-state index contributed by atoms with van der Waals surface area (Å²) in [4.78, 5) is 41.2. The lowest BCUT2D eigenvalue weighted by molar-refractivity contribution is -0.155. The maximum Gasteiger partial charge on any atom is 0.306 e. The molecule has 2 rings (SSSR count). The second-order valence-electron chi connectivity index (χ2n) is 7.09. The Kier molecular flexibility index (Phi) is 5.11. The molecule has 1 aromatic carbocycles. The van der Waals surface area contributed by atoms with E-state index < -0.39 is 41.3 Å². The number of nitrogen functional groups attached to an aromatic ring is 1. The molecule has 0 fully saturated rings.